The van der Waals surface area contributed by atoms with E-state index in [2.05, 4.69) is 31.3 Å². The third kappa shape index (κ3) is 7.76. The average molecular weight is 171 g/mol. The van der Waals surface area contributed by atoms with Crippen LogP contribution in [-0.2, 0) is 4.74 Å². The lowest BCUT2D eigenvalue weighted by molar-refractivity contribution is 0.200. The average Bonchev–Trinajstić information content (AvgIpc) is 2.10. The Kier molecular flexibility index (Phi) is 8.51. The summed E-state index contributed by atoms with van der Waals surface area (Å²) in [4.78, 5) is 0. The van der Waals surface area contributed by atoms with Crippen LogP contribution in [0.5, 0.6) is 0 Å². The molecule has 0 fully saturated rings. The number of hydrogen-bond donors (Lipinski definition) is 1. The van der Waals surface area contributed by atoms with Gasteiger partial charge in [0.2, 0.25) is 0 Å². The highest BCUT2D eigenvalue weighted by Gasteiger charge is 1.89. The first-order chi connectivity index (χ1) is 5.81. The van der Waals surface area contributed by atoms with Gasteiger partial charge in [0.05, 0.1) is 6.61 Å². The van der Waals surface area contributed by atoms with Crippen LogP contribution in [-0.4, -0.2) is 26.8 Å². The van der Waals surface area contributed by atoms with Crippen LogP contribution in [0.3, 0.4) is 0 Å². The first-order valence-corrected chi connectivity index (χ1v) is 4.67. The Morgan fingerprint density at radius 3 is 2.83 bits per heavy atom. The van der Waals surface area contributed by atoms with Crippen molar-refractivity contribution in [3.05, 3.63) is 12.2 Å². The van der Waals surface area contributed by atoms with Crippen molar-refractivity contribution in [2.24, 2.45) is 5.92 Å². The molecule has 12 heavy (non-hydrogen) atoms. The Morgan fingerprint density at radius 2 is 2.25 bits per heavy atom. The summed E-state index contributed by atoms with van der Waals surface area (Å²) in [5.74, 6) is 0.703. The van der Waals surface area contributed by atoms with Gasteiger partial charge in [0, 0.05) is 20.2 Å². The highest BCUT2D eigenvalue weighted by Crippen LogP contribution is 2.00. The fourth-order valence-corrected chi connectivity index (χ4v) is 0.796. The first-order valence-electron chi connectivity index (χ1n) is 4.67. The van der Waals surface area contributed by atoms with E-state index >= 15 is 0 Å². The Labute approximate surface area is 76.0 Å². The van der Waals surface area contributed by atoms with E-state index in [-0.39, 0.29) is 0 Å². The van der Waals surface area contributed by atoms with Crippen LogP contribution in [0.25, 0.3) is 0 Å². The van der Waals surface area contributed by atoms with Gasteiger partial charge in [0.25, 0.3) is 0 Å². The quantitative estimate of drug-likeness (QED) is 0.466. The molecule has 0 radical (unpaired) electrons. The molecule has 0 aromatic carbocycles. The summed E-state index contributed by atoms with van der Waals surface area (Å²) in [5.41, 5.74) is 0. The molecular weight excluding hydrogens is 150 g/mol. The molecule has 2 heteroatoms. The second kappa shape index (κ2) is 8.75. The van der Waals surface area contributed by atoms with Crippen LogP contribution < -0.4 is 5.32 Å². The summed E-state index contributed by atoms with van der Waals surface area (Å²) in [6.45, 7) is 7.10. The first kappa shape index (κ1) is 11.7. The van der Waals surface area contributed by atoms with Crippen molar-refractivity contribution in [2.75, 3.05) is 26.8 Å². The molecule has 1 atom stereocenters. The van der Waals surface area contributed by atoms with Crippen molar-refractivity contribution in [1.29, 1.82) is 0 Å². The van der Waals surface area contributed by atoms with Crippen LogP contribution in [0.1, 0.15) is 20.3 Å². The van der Waals surface area contributed by atoms with Crippen LogP contribution >= 0.6 is 0 Å². The van der Waals surface area contributed by atoms with Gasteiger partial charge in [-0.2, -0.15) is 0 Å². The normalized spacial score (nSPS) is 13.9. The summed E-state index contributed by atoms with van der Waals surface area (Å²) in [7, 11) is 1.72. The predicted molar refractivity (Wildman–Crippen MR) is 53.3 cm³/mol. The van der Waals surface area contributed by atoms with Gasteiger partial charge >= 0.3 is 0 Å². The molecule has 0 aromatic heterocycles. The summed E-state index contributed by atoms with van der Waals surface area (Å²) in [6.07, 6.45) is 5.65. The fourth-order valence-electron chi connectivity index (χ4n) is 0.796. The van der Waals surface area contributed by atoms with Crippen molar-refractivity contribution in [1.82, 2.24) is 5.32 Å². The number of nitrogens with one attached hydrogen (secondary N) is 1. The zero-order valence-corrected chi connectivity index (χ0v) is 8.47. The maximum atomic E-state index is 4.90. The minimum absolute atomic E-state index is 0.703. The van der Waals surface area contributed by atoms with Crippen LogP contribution in [0.15, 0.2) is 12.2 Å². The maximum Gasteiger partial charge on any atom is 0.0587 e. The number of allylic oxidation sites excluding steroid dienone is 1. The Balaban J connectivity index is 3.12. The van der Waals surface area contributed by atoms with Gasteiger partial charge in [-0.1, -0.05) is 32.4 Å². The molecule has 0 saturated heterocycles. The van der Waals surface area contributed by atoms with Gasteiger partial charge in [0.1, 0.15) is 0 Å². The van der Waals surface area contributed by atoms with Gasteiger partial charge in [-0.3, -0.25) is 0 Å². The van der Waals surface area contributed by atoms with E-state index in [9.17, 15) is 0 Å². The fraction of sp³-hybridized carbons (Fsp3) is 0.800. The van der Waals surface area contributed by atoms with Crippen LogP contribution in [0.4, 0.5) is 0 Å². The molecule has 0 rings (SSSR count). The van der Waals surface area contributed by atoms with Gasteiger partial charge in [-0.15, -0.1) is 0 Å². The lowest BCUT2D eigenvalue weighted by Crippen LogP contribution is -2.18. The molecule has 0 heterocycles. The minimum atomic E-state index is 0.703. The van der Waals surface area contributed by atoms with Gasteiger partial charge in [0.15, 0.2) is 0 Å². The molecule has 2 nitrogen and oxygen atoms in total. The molecule has 1 N–H and O–H groups in total. The zero-order chi connectivity index (χ0) is 9.23. The van der Waals surface area contributed by atoms with Gasteiger partial charge in [-0.25, -0.2) is 0 Å². The summed E-state index contributed by atoms with van der Waals surface area (Å²) < 4.78 is 4.90. The summed E-state index contributed by atoms with van der Waals surface area (Å²) >= 11 is 0. The van der Waals surface area contributed by atoms with E-state index in [0.29, 0.717) is 5.92 Å². The third-order valence-corrected chi connectivity index (χ3v) is 1.85. The molecule has 0 aliphatic carbocycles. The molecule has 0 amide bonds. The molecule has 1 unspecified atom stereocenters. The second-order valence-electron chi connectivity index (χ2n) is 3.01. The molecule has 0 aliphatic rings. The van der Waals surface area contributed by atoms with Gasteiger partial charge in [-0.05, 0) is 5.92 Å². The minimum Gasteiger partial charge on any atom is -0.383 e. The molecule has 0 saturated carbocycles. The third-order valence-electron chi connectivity index (χ3n) is 1.85. The Morgan fingerprint density at radius 1 is 1.50 bits per heavy atom. The largest absolute Gasteiger partial charge is 0.383 e. The van der Waals surface area contributed by atoms with E-state index in [0.717, 1.165) is 19.7 Å². The van der Waals surface area contributed by atoms with Crippen LogP contribution in [0, 0.1) is 5.92 Å². The molecule has 0 aromatic rings. The zero-order valence-electron chi connectivity index (χ0n) is 8.47. The number of ether oxygens (including phenoxy) is 1. The van der Waals surface area contributed by atoms with E-state index in [4.69, 9.17) is 4.74 Å². The van der Waals surface area contributed by atoms with Crippen molar-refractivity contribution >= 4 is 0 Å². The SMILES string of the molecule is CCC(C)/C=C/CNCCOC. The van der Waals surface area contributed by atoms with E-state index in [1.165, 1.54) is 6.42 Å². The Hall–Kier alpha value is -0.340. The Bertz CT molecular complexity index is 112. The van der Waals surface area contributed by atoms with Crippen molar-refractivity contribution in [3.63, 3.8) is 0 Å². The molecular formula is C10H21NO. The second-order valence-corrected chi connectivity index (χ2v) is 3.01. The summed E-state index contributed by atoms with van der Waals surface area (Å²) in [5, 5.41) is 3.25. The lowest BCUT2D eigenvalue weighted by atomic mass is 10.1. The van der Waals surface area contributed by atoms with Gasteiger partial charge < -0.3 is 10.1 Å². The summed E-state index contributed by atoms with van der Waals surface area (Å²) in [6, 6.07) is 0. The molecule has 72 valence electrons. The van der Waals surface area contributed by atoms with Crippen molar-refractivity contribution < 1.29 is 4.74 Å². The number of hydrogen-bond acceptors (Lipinski definition) is 2. The van der Waals surface area contributed by atoms with E-state index < -0.39 is 0 Å². The smallest absolute Gasteiger partial charge is 0.0587 e. The van der Waals surface area contributed by atoms with Crippen LogP contribution in [0.2, 0.25) is 0 Å². The van der Waals surface area contributed by atoms with E-state index in [1.54, 1.807) is 7.11 Å². The predicted octanol–water partition coefficient (Wildman–Crippen LogP) is 1.82. The topological polar surface area (TPSA) is 21.3 Å². The monoisotopic (exact) mass is 171 g/mol. The maximum absolute atomic E-state index is 4.90. The number of methoxy groups -OCH3 is 1. The highest BCUT2D eigenvalue weighted by molar-refractivity contribution is 4.87. The lowest BCUT2D eigenvalue weighted by Gasteiger charge is -2.01. The number of rotatable bonds is 7. The van der Waals surface area contributed by atoms with Crippen molar-refractivity contribution in [3.8, 4) is 0 Å². The molecule has 0 aliphatic heterocycles. The highest BCUT2D eigenvalue weighted by atomic mass is 16.5. The standard InChI is InChI=1S/C10H21NO/c1-4-10(2)6-5-7-11-8-9-12-3/h5-6,10-11H,4,7-9H2,1-3H3/b6-5+. The van der Waals surface area contributed by atoms with E-state index in [1.807, 2.05) is 0 Å². The van der Waals surface area contributed by atoms with Crippen molar-refractivity contribution in [2.45, 2.75) is 20.3 Å². The molecule has 0 spiro atoms. The molecule has 0 bridgehead atoms.